The van der Waals surface area contributed by atoms with Crippen molar-refractivity contribution < 1.29 is 39.9 Å². The third kappa shape index (κ3) is 7.13. The van der Waals surface area contributed by atoms with Gasteiger partial charge in [0.05, 0.1) is 38.3 Å². The maximum atomic E-state index is 15.0. The average molecular weight is 684 g/mol. The minimum absolute atomic E-state index is 0.00345. The van der Waals surface area contributed by atoms with E-state index in [9.17, 15) is 40.3 Å². The first-order valence-corrected chi connectivity index (χ1v) is 14.8. The van der Waals surface area contributed by atoms with Crippen molar-refractivity contribution in [2.24, 2.45) is 5.73 Å². The summed E-state index contributed by atoms with van der Waals surface area (Å²) in [5.74, 6) is -1.81. The van der Waals surface area contributed by atoms with Crippen molar-refractivity contribution in [2.45, 2.75) is 45.0 Å². The quantitative estimate of drug-likeness (QED) is 0.243. The lowest BCUT2D eigenvalue weighted by atomic mass is 10.1. The van der Waals surface area contributed by atoms with Crippen LogP contribution in [0.4, 0.5) is 36.4 Å². The van der Waals surface area contributed by atoms with Crippen LogP contribution in [0.5, 0.6) is 5.75 Å². The second-order valence-electron chi connectivity index (χ2n) is 11.4. The number of rotatable bonds is 9. The number of furan rings is 1. The van der Waals surface area contributed by atoms with Gasteiger partial charge in [0.25, 0.3) is 5.56 Å². The molecule has 1 aliphatic rings. The van der Waals surface area contributed by atoms with Crippen molar-refractivity contribution in [3.05, 3.63) is 115 Å². The Labute approximate surface area is 269 Å². The molecule has 1 fully saturated rings. The molecule has 0 radical (unpaired) electrons. The second-order valence-corrected chi connectivity index (χ2v) is 11.4. The van der Waals surface area contributed by atoms with Gasteiger partial charge >= 0.3 is 18.0 Å². The smallest absolute Gasteiger partial charge is 0.449 e. The van der Waals surface area contributed by atoms with Crippen molar-refractivity contribution in [2.75, 3.05) is 38.2 Å². The summed E-state index contributed by atoms with van der Waals surface area (Å²) in [6.45, 7) is 1.13. The Balaban J connectivity index is 1.53. The number of piperazine rings is 1. The molecule has 1 saturated heterocycles. The van der Waals surface area contributed by atoms with E-state index in [0.717, 1.165) is 27.3 Å². The predicted molar refractivity (Wildman–Crippen MR) is 161 cm³/mol. The minimum Gasteiger partial charge on any atom is -0.496 e. The number of ether oxygens (including phenoxy) is 1. The largest absolute Gasteiger partial charge is 0.496 e. The summed E-state index contributed by atoms with van der Waals surface area (Å²) in [5.41, 5.74) is 3.14. The molecule has 0 unspecified atom stereocenters. The number of halogens is 7. The Morgan fingerprint density at radius 3 is 2.19 bits per heavy atom. The molecule has 2 aromatic heterocycles. The Hall–Kier alpha value is -4.57. The molecule has 0 aliphatic carbocycles. The van der Waals surface area contributed by atoms with Gasteiger partial charge in [-0.3, -0.25) is 18.8 Å². The van der Waals surface area contributed by atoms with Crippen LogP contribution >= 0.6 is 0 Å². The SMILES string of the molecule is COc1ccccc1[C@@H](N)Cn1c(=O)c(N2CCN(Cc3ccc(C(F)(F)F)o3)CC2)c(C)n(Cc2c(F)cccc2C(F)(F)F)c1=O. The molecule has 16 heteroatoms. The van der Waals surface area contributed by atoms with Crippen LogP contribution in [0.1, 0.15) is 39.9 Å². The molecule has 1 atom stereocenters. The number of hydrogen-bond acceptors (Lipinski definition) is 7. The van der Waals surface area contributed by atoms with E-state index in [-0.39, 0.29) is 56.4 Å². The summed E-state index contributed by atoms with van der Waals surface area (Å²) in [4.78, 5) is 31.4. The number of nitrogens with two attached hydrogens (primary N) is 1. The monoisotopic (exact) mass is 683 g/mol. The first kappa shape index (κ1) is 34.8. The van der Waals surface area contributed by atoms with Crippen LogP contribution in [-0.2, 0) is 32.0 Å². The molecular formula is C32H32F7N5O4. The Morgan fingerprint density at radius 1 is 0.875 bits per heavy atom. The first-order valence-electron chi connectivity index (χ1n) is 14.8. The van der Waals surface area contributed by atoms with E-state index in [1.807, 2.05) is 4.90 Å². The molecule has 0 spiro atoms. The van der Waals surface area contributed by atoms with Gasteiger partial charge in [-0.1, -0.05) is 24.3 Å². The van der Waals surface area contributed by atoms with Crippen LogP contribution in [0.3, 0.4) is 0 Å². The summed E-state index contributed by atoms with van der Waals surface area (Å²) in [6.07, 6.45) is -9.56. The highest BCUT2D eigenvalue weighted by atomic mass is 19.4. The molecule has 0 saturated carbocycles. The lowest BCUT2D eigenvalue weighted by Gasteiger charge is -2.36. The van der Waals surface area contributed by atoms with Gasteiger partial charge in [0.1, 0.15) is 23.0 Å². The summed E-state index contributed by atoms with van der Waals surface area (Å²) in [7, 11) is 1.42. The van der Waals surface area contributed by atoms with E-state index < -0.39 is 58.9 Å². The molecule has 4 aromatic rings. The summed E-state index contributed by atoms with van der Waals surface area (Å²) >= 11 is 0. The molecule has 3 heterocycles. The fourth-order valence-electron chi connectivity index (χ4n) is 5.87. The van der Waals surface area contributed by atoms with Gasteiger partial charge < -0.3 is 19.8 Å². The molecule has 48 heavy (non-hydrogen) atoms. The molecule has 0 amide bonds. The molecule has 0 bridgehead atoms. The molecule has 5 rings (SSSR count). The number of benzene rings is 2. The van der Waals surface area contributed by atoms with Gasteiger partial charge in [0.2, 0.25) is 5.76 Å². The number of para-hydroxylation sites is 1. The summed E-state index contributed by atoms with van der Waals surface area (Å²) < 4.78 is 108. The van der Waals surface area contributed by atoms with Crippen molar-refractivity contribution >= 4 is 5.69 Å². The normalized spacial score (nSPS) is 15.2. The number of anilines is 1. The standard InChI is InChI=1S/C32H32F7N5O4/c1-19-28(42-14-12-41(13-15-42)16-20-10-11-27(48-20)32(37,38)39)29(45)44(18-25(40)21-6-3-4-9-26(21)47-2)30(46)43(19)17-22-23(31(34,35)36)7-5-8-24(22)33/h3-11,25H,12-18,40H2,1-2H3/t25-/m0/s1. The molecule has 2 aromatic carbocycles. The van der Waals surface area contributed by atoms with Gasteiger partial charge in [-0.05, 0) is 37.3 Å². The fourth-order valence-corrected chi connectivity index (χ4v) is 5.87. The minimum atomic E-state index is -4.93. The van der Waals surface area contributed by atoms with Gasteiger partial charge in [0, 0.05) is 43.0 Å². The van der Waals surface area contributed by atoms with Gasteiger partial charge in [-0.25, -0.2) is 9.18 Å². The lowest BCUT2D eigenvalue weighted by molar-refractivity contribution is -0.153. The fraction of sp³-hybridized carbons (Fsp3) is 0.375. The highest BCUT2D eigenvalue weighted by Gasteiger charge is 2.36. The predicted octanol–water partition coefficient (Wildman–Crippen LogP) is 5.17. The molecule has 9 nitrogen and oxygen atoms in total. The zero-order chi connectivity index (χ0) is 35.0. The van der Waals surface area contributed by atoms with Crippen LogP contribution in [0, 0.1) is 12.7 Å². The number of nitrogens with zero attached hydrogens (tertiary/aromatic N) is 4. The van der Waals surface area contributed by atoms with E-state index in [1.165, 1.54) is 20.1 Å². The second kappa shape index (κ2) is 13.5. The highest BCUT2D eigenvalue weighted by Crippen LogP contribution is 2.34. The first-order chi connectivity index (χ1) is 22.6. The van der Waals surface area contributed by atoms with E-state index in [1.54, 1.807) is 29.2 Å². The maximum absolute atomic E-state index is 15.0. The van der Waals surface area contributed by atoms with E-state index in [2.05, 4.69) is 0 Å². The Morgan fingerprint density at radius 2 is 1.56 bits per heavy atom. The van der Waals surface area contributed by atoms with E-state index in [0.29, 0.717) is 17.4 Å². The van der Waals surface area contributed by atoms with Crippen molar-refractivity contribution in [1.29, 1.82) is 0 Å². The third-order valence-electron chi connectivity index (χ3n) is 8.32. The van der Waals surface area contributed by atoms with Gasteiger partial charge in [-0.2, -0.15) is 26.3 Å². The van der Waals surface area contributed by atoms with E-state index in [4.69, 9.17) is 14.9 Å². The van der Waals surface area contributed by atoms with Crippen LogP contribution in [0.25, 0.3) is 0 Å². The van der Waals surface area contributed by atoms with Crippen LogP contribution < -0.4 is 26.6 Å². The van der Waals surface area contributed by atoms with Crippen molar-refractivity contribution in [1.82, 2.24) is 14.0 Å². The number of hydrogen-bond donors (Lipinski definition) is 1. The zero-order valence-electron chi connectivity index (χ0n) is 25.9. The summed E-state index contributed by atoms with van der Waals surface area (Å²) in [5, 5.41) is 0. The van der Waals surface area contributed by atoms with Crippen LogP contribution in [-0.4, -0.2) is 47.3 Å². The zero-order valence-corrected chi connectivity index (χ0v) is 25.9. The number of methoxy groups -OCH3 is 1. The topological polar surface area (TPSA) is 98.9 Å². The maximum Gasteiger partial charge on any atom is 0.449 e. The van der Waals surface area contributed by atoms with Gasteiger partial charge in [-0.15, -0.1) is 0 Å². The van der Waals surface area contributed by atoms with E-state index >= 15 is 0 Å². The number of alkyl halides is 6. The highest BCUT2D eigenvalue weighted by molar-refractivity contribution is 5.50. The van der Waals surface area contributed by atoms with Crippen LogP contribution in [0.15, 0.2) is 68.6 Å². The molecule has 2 N–H and O–H groups in total. The summed E-state index contributed by atoms with van der Waals surface area (Å²) in [6, 6.07) is 10.3. The molecule has 258 valence electrons. The van der Waals surface area contributed by atoms with Gasteiger partial charge in [0.15, 0.2) is 0 Å². The number of aromatic nitrogens is 2. The molecule has 1 aliphatic heterocycles. The average Bonchev–Trinajstić information content (AvgIpc) is 3.51. The van der Waals surface area contributed by atoms with Crippen LogP contribution in [0.2, 0.25) is 0 Å². The molecular weight excluding hydrogens is 651 g/mol. The lowest BCUT2D eigenvalue weighted by Crippen LogP contribution is -2.51. The Bertz CT molecular complexity index is 1890. The van der Waals surface area contributed by atoms with Crippen molar-refractivity contribution in [3.8, 4) is 5.75 Å². The third-order valence-corrected chi connectivity index (χ3v) is 8.32. The van der Waals surface area contributed by atoms with Crippen molar-refractivity contribution in [3.63, 3.8) is 0 Å². The Kier molecular flexibility index (Phi) is 9.78.